The zero-order valence-corrected chi connectivity index (χ0v) is 18.7. The van der Waals surface area contributed by atoms with Gasteiger partial charge < -0.3 is 4.42 Å². The molecule has 35 heavy (non-hydrogen) atoms. The third kappa shape index (κ3) is 2.53. The highest BCUT2D eigenvalue weighted by Gasteiger charge is 2.29. The van der Waals surface area contributed by atoms with Gasteiger partial charge in [0.2, 0.25) is 5.95 Å². The highest BCUT2D eigenvalue weighted by Crippen LogP contribution is 2.48. The van der Waals surface area contributed by atoms with Crippen LogP contribution in [0.2, 0.25) is 0 Å². The summed E-state index contributed by atoms with van der Waals surface area (Å²) >= 11 is 0. The van der Waals surface area contributed by atoms with E-state index in [1.54, 1.807) is 0 Å². The Morgan fingerprint density at radius 1 is 0.571 bits per heavy atom. The number of benzene rings is 5. The van der Waals surface area contributed by atoms with Crippen LogP contribution in [-0.2, 0) is 0 Å². The number of fused-ring (bicyclic) bond motifs is 10. The van der Waals surface area contributed by atoms with Crippen molar-refractivity contribution in [2.75, 3.05) is 4.90 Å². The van der Waals surface area contributed by atoms with Crippen molar-refractivity contribution in [3.63, 3.8) is 0 Å². The first kappa shape index (κ1) is 18.6. The average Bonchev–Trinajstić information content (AvgIpc) is 3.44. The van der Waals surface area contributed by atoms with Crippen LogP contribution in [0.1, 0.15) is 0 Å². The van der Waals surface area contributed by atoms with Crippen LogP contribution in [-0.4, -0.2) is 9.55 Å². The van der Waals surface area contributed by atoms with Crippen molar-refractivity contribution in [2.45, 2.75) is 0 Å². The molecule has 0 atom stereocenters. The second-order valence-electron chi connectivity index (χ2n) is 8.88. The first-order valence-electron chi connectivity index (χ1n) is 11.7. The van der Waals surface area contributed by atoms with E-state index < -0.39 is 0 Å². The number of imidazole rings is 1. The predicted octanol–water partition coefficient (Wildman–Crippen LogP) is 8.38. The molecule has 0 unspecified atom stereocenters. The summed E-state index contributed by atoms with van der Waals surface area (Å²) in [6.45, 7) is 0. The van der Waals surface area contributed by atoms with Gasteiger partial charge in [0.25, 0.3) is 0 Å². The number of hydrogen-bond donors (Lipinski definition) is 0. The van der Waals surface area contributed by atoms with Crippen molar-refractivity contribution in [3.05, 3.63) is 115 Å². The standard InChI is InChI=1S/C31H19N3O/c1-5-13-26-21(9-1)22-10-2-6-14-27(22)34-28-15-7-4-12-25(28)32-31(34)33(26)20-17-18-30-24(19-20)23-11-3-8-16-29(23)35-30/h1-19H. The lowest BCUT2D eigenvalue weighted by atomic mass is 10.0. The zero-order valence-electron chi connectivity index (χ0n) is 18.7. The van der Waals surface area contributed by atoms with Gasteiger partial charge in [-0.05, 0) is 48.5 Å². The normalized spacial score (nSPS) is 12.5. The molecule has 1 aliphatic heterocycles. The van der Waals surface area contributed by atoms with E-state index in [-0.39, 0.29) is 0 Å². The van der Waals surface area contributed by atoms with Gasteiger partial charge in [0.1, 0.15) is 11.2 Å². The minimum atomic E-state index is 0.871. The summed E-state index contributed by atoms with van der Waals surface area (Å²) in [5.41, 5.74) is 9.47. The minimum Gasteiger partial charge on any atom is -0.456 e. The van der Waals surface area contributed by atoms with Gasteiger partial charge in [0.15, 0.2) is 0 Å². The number of nitrogens with zero attached hydrogens (tertiary/aromatic N) is 3. The van der Waals surface area contributed by atoms with E-state index in [9.17, 15) is 0 Å². The molecular weight excluding hydrogens is 430 g/mol. The molecule has 0 bridgehead atoms. The van der Waals surface area contributed by atoms with Crippen LogP contribution in [0, 0.1) is 0 Å². The summed E-state index contributed by atoms with van der Waals surface area (Å²) in [7, 11) is 0. The lowest BCUT2D eigenvalue weighted by Crippen LogP contribution is -2.14. The summed E-state index contributed by atoms with van der Waals surface area (Å²) in [6, 6.07) is 40.1. The van der Waals surface area contributed by atoms with E-state index in [2.05, 4.69) is 107 Å². The summed E-state index contributed by atoms with van der Waals surface area (Å²) in [4.78, 5) is 7.44. The average molecular weight is 450 g/mol. The molecule has 0 fully saturated rings. The van der Waals surface area contributed by atoms with Crippen LogP contribution in [0.5, 0.6) is 0 Å². The molecule has 164 valence electrons. The topological polar surface area (TPSA) is 34.2 Å². The van der Waals surface area contributed by atoms with Gasteiger partial charge in [-0.25, -0.2) is 4.98 Å². The van der Waals surface area contributed by atoms with Crippen molar-refractivity contribution in [3.8, 4) is 16.8 Å². The molecule has 0 radical (unpaired) electrons. The van der Waals surface area contributed by atoms with Gasteiger partial charge in [-0.1, -0.05) is 66.7 Å². The van der Waals surface area contributed by atoms with Crippen LogP contribution in [0.15, 0.2) is 120 Å². The Morgan fingerprint density at radius 2 is 1.26 bits per heavy atom. The maximum atomic E-state index is 6.12. The van der Waals surface area contributed by atoms with Crippen LogP contribution in [0.4, 0.5) is 17.3 Å². The van der Waals surface area contributed by atoms with Gasteiger partial charge in [0, 0.05) is 27.6 Å². The zero-order chi connectivity index (χ0) is 22.9. The molecular formula is C31H19N3O. The van der Waals surface area contributed by atoms with Gasteiger partial charge >= 0.3 is 0 Å². The van der Waals surface area contributed by atoms with Crippen molar-refractivity contribution in [2.24, 2.45) is 0 Å². The summed E-state index contributed by atoms with van der Waals surface area (Å²) < 4.78 is 8.40. The van der Waals surface area contributed by atoms with E-state index in [0.717, 1.165) is 56.0 Å². The molecule has 5 aromatic carbocycles. The van der Waals surface area contributed by atoms with E-state index in [0.29, 0.717) is 0 Å². The van der Waals surface area contributed by atoms with Crippen LogP contribution < -0.4 is 4.90 Å². The molecule has 8 rings (SSSR count). The second-order valence-corrected chi connectivity index (χ2v) is 8.88. The minimum absolute atomic E-state index is 0.871. The van der Waals surface area contributed by atoms with Crippen molar-refractivity contribution in [1.82, 2.24) is 9.55 Å². The Bertz CT molecular complexity index is 1930. The third-order valence-corrected chi connectivity index (χ3v) is 6.94. The summed E-state index contributed by atoms with van der Waals surface area (Å²) in [6.07, 6.45) is 0. The molecule has 0 aliphatic carbocycles. The lowest BCUT2D eigenvalue weighted by molar-refractivity contribution is 0.669. The van der Waals surface area contributed by atoms with Crippen LogP contribution in [0.25, 0.3) is 49.8 Å². The molecule has 0 spiro atoms. The van der Waals surface area contributed by atoms with Crippen molar-refractivity contribution < 1.29 is 4.42 Å². The fourth-order valence-corrected chi connectivity index (χ4v) is 5.41. The number of furan rings is 1. The fraction of sp³-hybridized carbons (Fsp3) is 0. The molecule has 1 aliphatic rings. The van der Waals surface area contributed by atoms with Gasteiger partial charge in [0.05, 0.1) is 22.4 Å². The van der Waals surface area contributed by atoms with Crippen molar-refractivity contribution >= 4 is 50.3 Å². The third-order valence-electron chi connectivity index (χ3n) is 6.94. The Morgan fingerprint density at radius 3 is 2.17 bits per heavy atom. The summed E-state index contributed by atoms with van der Waals surface area (Å²) in [5.74, 6) is 0.871. The number of rotatable bonds is 1. The van der Waals surface area contributed by atoms with E-state index >= 15 is 0 Å². The van der Waals surface area contributed by atoms with Crippen LogP contribution >= 0.6 is 0 Å². The molecule has 7 aromatic rings. The maximum absolute atomic E-state index is 6.12. The monoisotopic (exact) mass is 449 g/mol. The fourth-order valence-electron chi connectivity index (χ4n) is 5.41. The Hall–Kier alpha value is -4.83. The number of hydrogen-bond acceptors (Lipinski definition) is 3. The first-order chi connectivity index (χ1) is 17.4. The number of aromatic nitrogens is 2. The molecule has 4 nitrogen and oxygen atoms in total. The first-order valence-corrected chi connectivity index (χ1v) is 11.7. The molecule has 0 N–H and O–H groups in total. The highest BCUT2D eigenvalue weighted by atomic mass is 16.3. The van der Waals surface area contributed by atoms with E-state index in [1.807, 2.05) is 18.2 Å². The number of para-hydroxylation sites is 5. The maximum Gasteiger partial charge on any atom is 0.220 e. The smallest absolute Gasteiger partial charge is 0.220 e. The Labute approximate surface area is 201 Å². The lowest BCUT2D eigenvalue weighted by Gasteiger charge is -2.24. The quantitative estimate of drug-likeness (QED) is 0.252. The van der Waals surface area contributed by atoms with Gasteiger partial charge in [-0.3, -0.25) is 9.47 Å². The Kier molecular flexibility index (Phi) is 3.63. The van der Waals surface area contributed by atoms with Gasteiger partial charge in [-0.2, -0.15) is 0 Å². The molecule has 2 aromatic heterocycles. The second kappa shape index (κ2) is 6.84. The molecule has 4 heteroatoms. The molecule has 3 heterocycles. The van der Waals surface area contributed by atoms with Crippen LogP contribution in [0.3, 0.4) is 0 Å². The van der Waals surface area contributed by atoms with Crippen molar-refractivity contribution in [1.29, 1.82) is 0 Å². The summed E-state index contributed by atoms with van der Waals surface area (Å²) in [5, 5.41) is 2.21. The largest absolute Gasteiger partial charge is 0.456 e. The predicted molar refractivity (Wildman–Crippen MR) is 142 cm³/mol. The van der Waals surface area contributed by atoms with E-state index in [4.69, 9.17) is 9.40 Å². The van der Waals surface area contributed by atoms with E-state index in [1.165, 1.54) is 11.1 Å². The molecule has 0 saturated heterocycles. The van der Waals surface area contributed by atoms with Gasteiger partial charge in [-0.15, -0.1) is 0 Å². The molecule has 0 amide bonds. The number of anilines is 3. The highest BCUT2D eigenvalue weighted by molar-refractivity contribution is 6.07. The SMILES string of the molecule is c1ccc2c(c1)-c1ccccc1-n1c(nc3ccccc31)N2c1ccc2oc3ccccc3c2c1. The molecule has 0 saturated carbocycles. The Balaban J connectivity index is 1.51.